The van der Waals surface area contributed by atoms with Crippen LogP contribution in [0.15, 0.2) is 47.6 Å². The first-order valence-corrected chi connectivity index (χ1v) is 8.40. The lowest BCUT2D eigenvalue weighted by Crippen LogP contribution is -2.17. The maximum atomic E-state index is 11.5. The van der Waals surface area contributed by atoms with Crippen LogP contribution in [0.4, 0.5) is 0 Å². The largest absolute Gasteiger partial charge is 0.489 e. The first-order chi connectivity index (χ1) is 13.5. The van der Waals surface area contributed by atoms with Crippen LogP contribution in [0.1, 0.15) is 16.7 Å². The molecule has 9 nitrogen and oxygen atoms in total. The molecular formula is C19H19N5O4. The van der Waals surface area contributed by atoms with E-state index in [0.717, 1.165) is 11.1 Å². The van der Waals surface area contributed by atoms with E-state index in [0.29, 0.717) is 22.7 Å². The van der Waals surface area contributed by atoms with Crippen molar-refractivity contribution in [3.63, 3.8) is 0 Å². The van der Waals surface area contributed by atoms with E-state index < -0.39 is 5.97 Å². The van der Waals surface area contributed by atoms with E-state index in [1.54, 1.807) is 25.2 Å². The molecule has 2 aromatic carbocycles. The molecule has 0 amide bonds. The molecule has 1 heterocycles. The Kier molecular flexibility index (Phi) is 5.64. The average molecular weight is 381 g/mol. The molecule has 0 spiro atoms. The highest BCUT2D eigenvalue weighted by molar-refractivity contribution is 6.42. The third-order valence-electron chi connectivity index (χ3n) is 3.98. The minimum atomic E-state index is -1.17. The number of carboxylic acid groups (broad SMARTS) is 1. The van der Waals surface area contributed by atoms with Crippen LogP contribution in [-0.2, 0) is 23.3 Å². The molecular weight excluding hydrogens is 362 g/mol. The van der Waals surface area contributed by atoms with Crippen molar-refractivity contribution in [2.75, 3.05) is 7.11 Å². The van der Waals surface area contributed by atoms with Crippen LogP contribution >= 0.6 is 0 Å². The molecule has 0 unspecified atom stereocenters. The summed E-state index contributed by atoms with van der Waals surface area (Å²) >= 11 is 0. The molecule has 0 atom stereocenters. The Morgan fingerprint density at radius 1 is 1.25 bits per heavy atom. The van der Waals surface area contributed by atoms with Gasteiger partial charge in [-0.2, -0.15) is 4.80 Å². The number of hydrogen-bond donors (Lipinski definition) is 1. The van der Waals surface area contributed by atoms with Gasteiger partial charge in [-0.05, 0) is 41.5 Å². The lowest BCUT2D eigenvalue weighted by Gasteiger charge is -2.13. The van der Waals surface area contributed by atoms with Crippen molar-refractivity contribution in [2.45, 2.75) is 13.5 Å². The fraction of sp³-hybridized carbons (Fsp3) is 0.211. The molecule has 144 valence electrons. The first-order valence-electron chi connectivity index (χ1n) is 8.40. The van der Waals surface area contributed by atoms with Gasteiger partial charge in [0, 0.05) is 11.1 Å². The van der Waals surface area contributed by atoms with Crippen LogP contribution in [0.3, 0.4) is 0 Å². The molecule has 9 heteroatoms. The predicted molar refractivity (Wildman–Crippen MR) is 101 cm³/mol. The third kappa shape index (κ3) is 4.14. The molecule has 3 aromatic rings. The summed E-state index contributed by atoms with van der Waals surface area (Å²) < 4.78 is 5.92. The van der Waals surface area contributed by atoms with Crippen LogP contribution in [-0.4, -0.2) is 44.1 Å². The second kappa shape index (κ2) is 8.30. The lowest BCUT2D eigenvalue weighted by atomic mass is 10.0. The molecule has 0 radical (unpaired) electrons. The molecule has 3 rings (SSSR count). The zero-order chi connectivity index (χ0) is 20.1. The number of rotatable bonds is 7. The molecule has 0 aliphatic rings. The van der Waals surface area contributed by atoms with Crippen molar-refractivity contribution in [2.24, 2.45) is 12.2 Å². The highest BCUT2D eigenvalue weighted by atomic mass is 16.6. The van der Waals surface area contributed by atoms with E-state index in [4.69, 9.17) is 4.74 Å². The van der Waals surface area contributed by atoms with Crippen molar-refractivity contribution in [1.82, 2.24) is 20.2 Å². The maximum absolute atomic E-state index is 11.5. The summed E-state index contributed by atoms with van der Waals surface area (Å²) in [6.45, 7) is 2.09. The Morgan fingerprint density at radius 2 is 2.04 bits per heavy atom. The SMILES string of the molecule is CON=C(C(=O)O)c1ccccc1COc1ccc(-c2nnn(C)n2)cc1C. The van der Waals surface area contributed by atoms with Gasteiger partial charge in [-0.3, -0.25) is 0 Å². The second-order valence-corrected chi connectivity index (χ2v) is 5.96. The normalized spacial score (nSPS) is 11.3. The van der Waals surface area contributed by atoms with Gasteiger partial charge in [0.2, 0.25) is 5.82 Å². The Bertz CT molecular complexity index is 1030. The lowest BCUT2D eigenvalue weighted by molar-refractivity contribution is -0.129. The molecule has 0 saturated carbocycles. The van der Waals surface area contributed by atoms with Gasteiger partial charge in [0.1, 0.15) is 19.5 Å². The Hall–Kier alpha value is -3.75. The van der Waals surface area contributed by atoms with Gasteiger partial charge in [-0.1, -0.05) is 29.4 Å². The van der Waals surface area contributed by atoms with Gasteiger partial charge in [0.15, 0.2) is 5.71 Å². The van der Waals surface area contributed by atoms with Gasteiger partial charge >= 0.3 is 5.97 Å². The molecule has 0 fully saturated rings. The van der Waals surface area contributed by atoms with Gasteiger partial charge in [0.25, 0.3) is 0 Å². The highest BCUT2D eigenvalue weighted by Crippen LogP contribution is 2.25. The molecule has 1 aromatic heterocycles. The van der Waals surface area contributed by atoms with Crippen LogP contribution in [0.25, 0.3) is 11.4 Å². The number of aryl methyl sites for hydroxylation is 2. The number of hydrogen-bond acceptors (Lipinski definition) is 7. The van der Waals surface area contributed by atoms with Crippen LogP contribution in [0.2, 0.25) is 0 Å². The average Bonchev–Trinajstić information content (AvgIpc) is 3.11. The van der Waals surface area contributed by atoms with Crippen molar-refractivity contribution >= 4 is 11.7 Å². The molecule has 0 aliphatic carbocycles. The first kappa shape index (κ1) is 19.0. The summed E-state index contributed by atoms with van der Waals surface area (Å²) in [6.07, 6.45) is 0. The molecule has 0 bridgehead atoms. The summed E-state index contributed by atoms with van der Waals surface area (Å²) in [4.78, 5) is 17.5. The molecule has 0 aliphatic heterocycles. The highest BCUT2D eigenvalue weighted by Gasteiger charge is 2.18. The number of tetrazole rings is 1. The Balaban J connectivity index is 1.81. The monoisotopic (exact) mass is 381 g/mol. The summed E-state index contributed by atoms with van der Waals surface area (Å²) in [5.74, 6) is 0.0266. The zero-order valence-corrected chi connectivity index (χ0v) is 15.7. The molecule has 0 saturated heterocycles. The van der Waals surface area contributed by atoms with Gasteiger partial charge < -0.3 is 14.7 Å². The predicted octanol–water partition coefficient (Wildman–Crippen LogP) is 2.20. The van der Waals surface area contributed by atoms with Crippen molar-refractivity contribution in [3.8, 4) is 17.1 Å². The van der Waals surface area contributed by atoms with Gasteiger partial charge in [-0.15, -0.1) is 10.2 Å². The number of benzene rings is 2. The number of aliphatic carboxylic acids is 1. The van der Waals surface area contributed by atoms with E-state index in [1.807, 2.05) is 31.2 Å². The van der Waals surface area contributed by atoms with Gasteiger partial charge in [0.05, 0.1) is 7.05 Å². The summed E-state index contributed by atoms with van der Waals surface area (Å²) in [5.41, 5.74) is 2.67. The third-order valence-corrected chi connectivity index (χ3v) is 3.98. The molecule has 28 heavy (non-hydrogen) atoms. The Labute approximate surface area is 161 Å². The van der Waals surface area contributed by atoms with Crippen LogP contribution in [0, 0.1) is 6.92 Å². The van der Waals surface area contributed by atoms with Crippen LogP contribution in [0.5, 0.6) is 5.75 Å². The van der Waals surface area contributed by atoms with Crippen LogP contribution < -0.4 is 4.74 Å². The number of nitrogens with zero attached hydrogens (tertiary/aromatic N) is 5. The standard InChI is InChI=1S/C19H19N5O4/c1-12-10-13(18-20-23-24(2)21-18)8-9-16(12)28-11-14-6-4-5-7-15(14)17(19(25)26)22-27-3/h4-10H,11H2,1-3H3,(H,25,26). The zero-order valence-electron chi connectivity index (χ0n) is 15.7. The number of aromatic nitrogens is 4. The topological polar surface area (TPSA) is 112 Å². The van der Waals surface area contributed by atoms with E-state index in [-0.39, 0.29) is 12.3 Å². The van der Waals surface area contributed by atoms with Crippen molar-refractivity contribution in [1.29, 1.82) is 0 Å². The van der Waals surface area contributed by atoms with E-state index in [2.05, 4.69) is 25.4 Å². The smallest absolute Gasteiger partial charge is 0.358 e. The Morgan fingerprint density at radius 3 is 2.68 bits per heavy atom. The summed E-state index contributed by atoms with van der Waals surface area (Å²) in [7, 11) is 3.01. The van der Waals surface area contributed by atoms with Gasteiger partial charge in [-0.25, -0.2) is 4.79 Å². The fourth-order valence-corrected chi connectivity index (χ4v) is 2.68. The second-order valence-electron chi connectivity index (χ2n) is 5.96. The quantitative estimate of drug-likeness (QED) is 0.493. The number of carboxylic acids is 1. The summed E-state index contributed by atoms with van der Waals surface area (Å²) in [6, 6.07) is 12.6. The number of carbonyl (C=O) groups is 1. The molecule has 1 N–H and O–H groups in total. The van der Waals surface area contributed by atoms with E-state index in [1.165, 1.54) is 11.9 Å². The minimum Gasteiger partial charge on any atom is -0.489 e. The number of oxime groups is 1. The number of ether oxygens (including phenoxy) is 1. The van der Waals surface area contributed by atoms with Crippen molar-refractivity contribution < 1.29 is 19.5 Å². The van der Waals surface area contributed by atoms with Crippen molar-refractivity contribution in [3.05, 3.63) is 59.2 Å². The van der Waals surface area contributed by atoms with E-state index in [9.17, 15) is 9.90 Å². The minimum absolute atomic E-state index is 0.176. The van der Waals surface area contributed by atoms with E-state index >= 15 is 0 Å². The fourth-order valence-electron chi connectivity index (χ4n) is 2.68. The summed E-state index contributed by atoms with van der Waals surface area (Å²) in [5, 5.41) is 25.0. The maximum Gasteiger partial charge on any atom is 0.358 e.